The Hall–Kier alpha value is -2.34. The highest BCUT2D eigenvalue weighted by Gasteiger charge is 2.27. The van der Waals surface area contributed by atoms with Crippen LogP contribution in [0.1, 0.15) is 21.6 Å². The van der Waals surface area contributed by atoms with Crippen molar-refractivity contribution in [1.82, 2.24) is 19.6 Å². The van der Waals surface area contributed by atoms with E-state index in [1.165, 1.54) is 0 Å². The van der Waals surface area contributed by atoms with E-state index in [1.807, 2.05) is 26.0 Å². The molecule has 0 saturated heterocycles. The van der Waals surface area contributed by atoms with Gasteiger partial charge < -0.3 is 10.1 Å². The molecule has 6 heteroatoms. The van der Waals surface area contributed by atoms with Gasteiger partial charge in [0.2, 0.25) is 0 Å². The Labute approximate surface area is 116 Å². The summed E-state index contributed by atoms with van der Waals surface area (Å²) in [5.41, 5.74) is 3.49. The molecule has 0 spiro atoms. The van der Waals surface area contributed by atoms with Crippen molar-refractivity contribution in [3.05, 3.63) is 41.2 Å². The van der Waals surface area contributed by atoms with Crippen LogP contribution in [0.2, 0.25) is 0 Å². The summed E-state index contributed by atoms with van der Waals surface area (Å²) in [6.45, 7) is 2.63. The van der Waals surface area contributed by atoms with Crippen LogP contribution in [-0.4, -0.2) is 51.3 Å². The normalized spacial score (nSPS) is 15.9. The summed E-state index contributed by atoms with van der Waals surface area (Å²) in [7, 11) is 3.95. The molecule has 0 fully saturated rings. The molecule has 3 rings (SSSR count). The average Bonchev–Trinajstić information content (AvgIpc) is 2.88. The Balaban J connectivity index is 2.32. The maximum absolute atomic E-state index is 11.5. The lowest BCUT2D eigenvalue weighted by Gasteiger charge is -2.24. The topological polar surface area (TPSA) is 61.1 Å². The van der Waals surface area contributed by atoms with Gasteiger partial charge in [0.15, 0.2) is 0 Å². The smallest absolute Gasteiger partial charge is 0.338 e. The van der Waals surface area contributed by atoms with E-state index in [0.717, 1.165) is 23.5 Å². The zero-order valence-corrected chi connectivity index (χ0v) is 11.7. The third-order valence-corrected chi connectivity index (χ3v) is 3.81. The number of carbonyl (C=O) groups is 1. The summed E-state index contributed by atoms with van der Waals surface area (Å²) in [5, 5.41) is 17.8. The van der Waals surface area contributed by atoms with E-state index < -0.39 is 5.97 Å². The summed E-state index contributed by atoms with van der Waals surface area (Å²) in [6, 6.07) is 3.54. The Morgan fingerprint density at radius 1 is 1.40 bits per heavy atom. The SMILES string of the molecule is Cc1c(C(=O)O)c2cccnn2c1C1=CCN(C)N1C. The van der Waals surface area contributed by atoms with Crippen molar-refractivity contribution in [2.75, 3.05) is 20.6 Å². The van der Waals surface area contributed by atoms with Gasteiger partial charge in [-0.2, -0.15) is 5.10 Å². The van der Waals surface area contributed by atoms with Crippen molar-refractivity contribution < 1.29 is 9.90 Å². The highest BCUT2D eigenvalue weighted by atomic mass is 16.4. The molecule has 1 aliphatic heterocycles. The first-order valence-electron chi connectivity index (χ1n) is 6.37. The van der Waals surface area contributed by atoms with Crippen molar-refractivity contribution in [2.45, 2.75) is 6.92 Å². The van der Waals surface area contributed by atoms with Crippen molar-refractivity contribution in [1.29, 1.82) is 0 Å². The van der Waals surface area contributed by atoms with Gasteiger partial charge in [-0.15, -0.1) is 0 Å². The second kappa shape index (κ2) is 4.35. The minimum absolute atomic E-state index is 0.317. The van der Waals surface area contributed by atoms with E-state index in [1.54, 1.807) is 22.8 Å². The molecule has 0 aliphatic carbocycles. The van der Waals surface area contributed by atoms with Crippen LogP contribution in [0.3, 0.4) is 0 Å². The molecule has 6 nitrogen and oxygen atoms in total. The fraction of sp³-hybridized carbons (Fsp3) is 0.286. The average molecular weight is 272 g/mol. The maximum Gasteiger partial charge on any atom is 0.338 e. The van der Waals surface area contributed by atoms with Crippen molar-refractivity contribution in [3.8, 4) is 0 Å². The molecule has 2 aromatic heterocycles. The fourth-order valence-electron chi connectivity index (χ4n) is 2.69. The monoisotopic (exact) mass is 272 g/mol. The number of nitrogens with zero attached hydrogens (tertiary/aromatic N) is 4. The van der Waals surface area contributed by atoms with E-state index in [0.29, 0.717) is 11.1 Å². The number of hydrazine groups is 1. The standard InChI is InChI=1S/C14H16N4O2/c1-9-12(14(19)20)10-5-4-7-15-18(10)13(9)11-6-8-16(2)17(11)3/h4-7H,8H2,1-3H3,(H,19,20). The number of aromatic carboxylic acids is 1. The maximum atomic E-state index is 11.5. The van der Waals surface area contributed by atoms with Crippen LogP contribution in [0, 0.1) is 6.92 Å². The number of aromatic nitrogens is 2. The minimum Gasteiger partial charge on any atom is -0.478 e. The predicted octanol–water partition coefficient (Wildman–Crippen LogP) is 1.47. The first kappa shape index (κ1) is 12.7. The Morgan fingerprint density at radius 2 is 2.15 bits per heavy atom. The van der Waals surface area contributed by atoms with E-state index in [4.69, 9.17) is 0 Å². The second-order valence-corrected chi connectivity index (χ2v) is 4.93. The minimum atomic E-state index is -0.922. The second-order valence-electron chi connectivity index (χ2n) is 4.93. The highest BCUT2D eigenvalue weighted by Crippen LogP contribution is 2.31. The van der Waals surface area contributed by atoms with Crippen molar-refractivity contribution in [2.24, 2.45) is 0 Å². The first-order chi connectivity index (χ1) is 9.52. The molecule has 0 aromatic carbocycles. The lowest BCUT2D eigenvalue weighted by molar-refractivity contribution is 0.0698. The number of likely N-dealkylation sites (N-methyl/N-ethyl adjacent to an activating group) is 1. The zero-order chi connectivity index (χ0) is 14.4. The van der Waals surface area contributed by atoms with E-state index in [-0.39, 0.29) is 0 Å². The molecule has 0 atom stereocenters. The van der Waals surface area contributed by atoms with Gasteiger partial charge in [0.05, 0.1) is 22.5 Å². The highest BCUT2D eigenvalue weighted by molar-refractivity contribution is 5.99. The van der Waals surface area contributed by atoms with Crippen LogP contribution in [0.15, 0.2) is 24.4 Å². The van der Waals surface area contributed by atoms with Gasteiger partial charge in [0.25, 0.3) is 0 Å². The van der Waals surface area contributed by atoms with E-state index in [9.17, 15) is 9.90 Å². The Morgan fingerprint density at radius 3 is 2.75 bits per heavy atom. The number of fused-ring (bicyclic) bond motifs is 1. The summed E-state index contributed by atoms with van der Waals surface area (Å²) in [6.07, 6.45) is 3.75. The molecule has 1 N–H and O–H groups in total. The van der Waals surface area contributed by atoms with Crippen LogP contribution in [0.4, 0.5) is 0 Å². The van der Waals surface area contributed by atoms with Gasteiger partial charge in [0, 0.05) is 26.8 Å². The molecule has 0 saturated carbocycles. The molecule has 20 heavy (non-hydrogen) atoms. The van der Waals surface area contributed by atoms with Crippen molar-refractivity contribution >= 4 is 17.2 Å². The third-order valence-electron chi connectivity index (χ3n) is 3.81. The summed E-state index contributed by atoms with van der Waals surface area (Å²) in [4.78, 5) is 11.5. The predicted molar refractivity (Wildman–Crippen MR) is 75.3 cm³/mol. The zero-order valence-electron chi connectivity index (χ0n) is 11.7. The molecule has 0 bridgehead atoms. The van der Waals surface area contributed by atoms with Gasteiger partial charge >= 0.3 is 5.97 Å². The van der Waals surface area contributed by atoms with Crippen LogP contribution in [0.5, 0.6) is 0 Å². The molecule has 0 radical (unpaired) electrons. The fourth-order valence-corrected chi connectivity index (χ4v) is 2.69. The van der Waals surface area contributed by atoms with Crippen LogP contribution >= 0.6 is 0 Å². The summed E-state index contributed by atoms with van der Waals surface area (Å²) >= 11 is 0. The largest absolute Gasteiger partial charge is 0.478 e. The van der Waals surface area contributed by atoms with Gasteiger partial charge in [-0.25, -0.2) is 14.3 Å². The third kappa shape index (κ3) is 1.61. The van der Waals surface area contributed by atoms with Crippen LogP contribution in [0.25, 0.3) is 11.2 Å². The molecular weight excluding hydrogens is 256 g/mol. The summed E-state index contributed by atoms with van der Waals surface area (Å²) in [5.74, 6) is -0.922. The number of carboxylic acid groups (broad SMARTS) is 1. The van der Waals surface area contributed by atoms with Gasteiger partial charge in [-0.05, 0) is 30.7 Å². The first-order valence-corrected chi connectivity index (χ1v) is 6.37. The molecular formula is C14H16N4O2. The lowest BCUT2D eigenvalue weighted by Crippen LogP contribution is -2.30. The Bertz CT molecular complexity index is 732. The van der Waals surface area contributed by atoms with Gasteiger partial charge in [-0.1, -0.05) is 0 Å². The Kier molecular flexibility index (Phi) is 2.76. The molecule has 0 unspecified atom stereocenters. The van der Waals surface area contributed by atoms with Crippen LogP contribution < -0.4 is 0 Å². The lowest BCUT2D eigenvalue weighted by atomic mass is 10.1. The quantitative estimate of drug-likeness (QED) is 0.897. The summed E-state index contributed by atoms with van der Waals surface area (Å²) < 4.78 is 1.71. The van der Waals surface area contributed by atoms with Gasteiger partial charge in [0.1, 0.15) is 0 Å². The number of hydrogen-bond donors (Lipinski definition) is 1. The number of rotatable bonds is 2. The van der Waals surface area contributed by atoms with Crippen molar-refractivity contribution in [3.63, 3.8) is 0 Å². The molecule has 1 aliphatic rings. The number of carboxylic acids is 1. The van der Waals surface area contributed by atoms with Gasteiger partial charge in [-0.3, -0.25) is 0 Å². The number of hydrogen-bond acceptors (Lipinski definition) is 4. The molecule has 2 aromatic rings. The van der Waals surface area contributed by atoms with Crippen LogP contribution in [-0.2, 0) is 0 Å². The molecule has 0 amide bonds. The van der Waals surface area contributed by atoms with E-state index in [2.05, 4.69) is 16.2 Å². The molecule has 104 valence electrons. The molecule has 3 heterocycles. The van der Waals surface area contributed by atoms with E-state index >= 15 is 0 Å².